The zero-order valence-corrected chi connectivity index (χ0v) is 20.6. The number of para-hydroxylation sites is 1. The summed E-state index contributed by atoms with van der Waals surface area (Å²) in [4.78, 5) is 7.97. The second-order valence-electron chi connectivity index (χ2n) is 10.2. The van der Waals surface area contributed by atoms with E-state index in [1.807, 2.05) is 47.5 Å². The van der Waals surface area contributed by atoms with Gasteiger partial charge in [-0.25, -0.2) is 4.98 Å². The Morgan fingerprint density at radius 3 is 2.50 bits per heavy atom. The molecule has 5 aromatic rings. The summed E-state index contributed by atoms with van der Waals surface area (Å²) in [5, 5.41) is 2.28. The Balaban J connectivity index is 1.38. The van der Waals surface area contributed by atoms with Gasteiger partial charge < -0.3 is 14.5 Å². The molecule has 3 aromatic carbocycles. The molecule has 0 saturated carbocycles. The summed E-state index contributed by atoms with van der Waals surface area (Å²) in [5.41, 5.74) is 4.18. The van der Waals surface area contributed by atoms with E-state index in [1.165, 1.54) is 10.5 Å². The van der Waals surface area contributed by atoms with Crippen molar-refractivity contribution in [3.05, 3.63) is 103 Å². The lowest BCUT2D eigenvalue weighted by Crippen LogP contribution is -2.21. The Kier molecular flexibility index (Phi) is 4.46. The number of anilines is 1. The lowest BCUT2D eigenvalue weighted by Gasteiger charge is -2.20. The van der Waals surface area contributed by atoms with Gasteiger partial charge in [-0.2, -0.15) is 0 Å². The first-order chi connectivity index (χ1) is 18.6. The van der Waals surface area contributed by atoms with Crippen LogP contribution in [-0.2, 0) is 5.41 Å². The smallest absolute Gasteiger partial charge is 0.137 e. The van der Waals surface area contributed by atoms with Crippen LogP contribution in [-0.4, -0.2) is 28.1 Å². The predicted octanol–water partition coefficient (Wildman–Crippen LogP) is 7.45. The van der Waals surface area contributed by atoms with Gasteiger partial charge in [0, 0.05) is 58.3 Å². The topological polar surface area (TPSA) is 33.5 Å². The quantitative estimate of drug-likeness (QED) is 0.269. The lowest BCUT2D eigenvalue weighted by molar-refractivity contribution is 0.481. The predicted molar refractivity (Wildman–Crippen MR) is 148 cm³/mol. The molecule has 1 aliphatic heterocycles. The molecule has 5 nitrogen and oxygen atoms in total. The fraction of sp³-hybridized carbons (Fsp3) is 0.194. The van der Waals surface area contributed by atoms with Gasteiger partial charge in [-0.3, -0.25) is 4.57 Å². The summed E-state index contributed by atoms with van der Waals surface area (Å²) in [5.74, 6) is 2.24. The van der Waals surface area contributed by atoms with E-state index in [4.69, 9.17) is 13.8 Å². The molecular formula is C31H30N4O. The van der Waals surface area contributed by atoms with Gasteiger partial charge in [-0.05, 0) is 53.4 Å². The Morgan fingerprint density at radius 2 is 1.67 bits per heavy atom. The largest absolute Gasteiger partial charge is 0.457 e. The van der Waals surface area contributed by atoms with Gasteiger partial charge in [0.25, 0.3) is 0 Å². The summed E-state index contributed by atoms with van der Waals surface area (Å²) in [6.07, 6.45) is 5.24. The Labute approximate surface area is 216 Å². The Bertz CT molecular complexity index is 1720. The third-order valence-electron chi connectivity index (χ3n) is 6.60. The number of fused-ring (bicyclic) bond motifs is 3. The molecule has 0 radical (unpaired) electrons. The van der Waals surface area contributed by atoms with Crippen LogP contribution < -0.4 is 9.64 Å². The van der Waals surface area contributed by atoms with Crippen molar-refractivity contribution in [1.82, 2.24) is 14.5 Å². The fourth-order valence-electron chi connectivity index (χ4n) is 4.72. The SMILES string of the molecule is [2H]C([2H])([2H])N1C=CN(c2cccc(Oc3ccc4c5ccccc5n(-c5cc(C(C)(C)C)ccn5)c4c3)c2)C1. The minimum atomic E-state index is -2.17. The number of hydrogen-bond donors (Lipinski definition) is 0. The molecule has 0 unspecified atom stereocenters. The van der Waals surface area contributed by atoms with E-state index in [0.717, 1.165) is 33.3 Å². The van der Waals surface area contributed by atoms with Crippen molar-refractivity contribution >= 4 is 27.5 Å². The standard InChI is InChI=1S/C31H30N4O/c1-31(2,3)22-14-15-32-30(18-22)35-28-11-6-5-10-26(28)27-13-12-25(20-29(27)35)36-24-9-7-8-23(19-24)34-17-16-33(4)21-34/h5-20H,21H2,1-4H3/i4D3. The number of ether oxygens (including phenoxy) is 1. The van der Waals surface area contributed by atoms with Crippen LogP contribution in [0.3, 0.4) is 0 Å². The third-order valence-corrected chi connectivity index (χ3v) is 6.60. The molecule has 0 saturated heterocycles. The van der Waals surface area contributed by atoms with Crippen LogP contribution in [0.2, 0.25) is 0 Å². The van der Waals surface area contributed by atoms with Crippen molar-refractivity contribution in [2.45, 2.75) is 26.2 Å². The molecule has 0 N–H and O–H groups in total. The molecule has 0 fully saturated rings. The summed E-state index contributed by atoms with van der Waals surface area (Å²) >= 11 is 0. The maximum atomic E-state index is 7.65. The van der Waals surface area contributed by atoms with E-state index in [-0.39, 0.29) is 12.1 Å². The molecule has 0 atom stereocenters. The second-order valence-corrected chi connectivity index (χ2v) is 10.2. The molecule has 1 aliphatic rings. The summed E-state index contributed by atoms with van der Waals surface area (Å²) in [6.45, 7) is 4.70. The highest BCUT2D eigenvalue weighted by Gasteiger charge is 2.18. The van der Waals surface area contributed by atoms with Gasteiger partial charge >= 0.3 is 0 Å². The van der Waals surface area contributed by atoms with Gasteiger partial charge in [0.05, 0.1) is 17.7 Å². The number of pyridine rings is 1. The van der Waals surface area contributed by atoms with E-state index >= 15 is 0 Å². The molecule has 5 heteroatoms. The van der Waals surface area contributed by atoms with Crippen molar-refractivity contribution in [2.75, 3.05) is 18.5 Å². The van der Waals surface area contributed by atoms with Crippen LogP contribution in [0.4, 0.5) is 5.69 Å². The normalized spacial score (nSPS) is 15.4. The average molecular weight is 478 g/mol. The van der Waals surface area contributed by atoms with E-state index in [2.05, 4.69) is 67.8 Å². The van der Waals surface area contributed by atoms with Crippen molar-refractivity contribution in [1.29, 1.82) is 0 Å². The first-order valence-electron chi connectivity index (χ1n) is 13.6. The molecular weight excluding hydrogens is 444 g/mol. The van der Waals surface area contributed by atoms with E-state index in [9.17, 15) is 0 Å². The molecule has 36 heavy (non-hydrogen) atoms. The Morgan fingerprint density at radius 1 is 0.833 bits per heavy atom. The molecule has 3 heterocycles. The third kappa shape index (κ3) is 3.97. The van der Waals surface area contributed by atoms with Gasteiger partial charge in [0.2, 0.25) is 0 Å². The Hall–Kier alpha value is -4.25. The van der Waals surface area contributed by atoms with E-state index in [0.29, 0.717) is 11.5 Å². The van der Waals surface area contributed by atoms with Crippen LogP contribution in [0.25, 0.3) is 27.6 Å². The van der Waals surface area contributed by atoms with Crippen molar-refractivity contribution in [3.63, 3.8) is 0 Å². The summed E-state index contributed by atoms with van der Waals surface area (Å²) in [6, 6.07) is 26.4. The molecule has 180 valence electrons. The van der Waals surface area contributed by atoms with Crippen LogP contribution >= 0.6 is 0 Å². The lowest BCUT2D eigenvalue weighted by atomic mass is 9.88. The summed E-state index contributed by atoms with van der Waals surface area (Å²) < 4.78 is 31.5. The maximum absolute atomic E-state index is 7.65. The second kappa shape index (κ2) is 8.45. The molecule has 2 aromatic heterocycles. The van der Waals surface area contributed by atoms with Crippen molar-refractivity contribution in [3.8, 4) is 17.3 Å². The van der Waals surface area contributed by atoms with Crippen LogP contribution in [0.1, 0.15) is 30.4 Å². The zero-order chi connectivity index (χ0) is 27.4. The van der Waals surface area contributed by atoms with Crippen molar-refractivity contribution in [2.24, 2.45) is 0 Å². The maximum Gasteiger partial charge on any atom is 0.137 e. The first kappa shape index (κ1) is 19.0. The van der Waals surface area contributed by atoms with E-state index in [1.54, 1.807) is 12.4 Å². The first-order valence-corrected chi connectivity index (χ1v) is 12.1. The number of rotatable bonds is 4. The van der Waals surface area contributed by atoms with Crippen molar-refractivity contribution < 1.29 is 8.85 Å². The fourth-order valence-corrected chi connectivity index (χ4v) is 4.72. The van der Waals surface area contributed by atoms with Gasteiger partial charge in [-0.1, -0.05) is 45.0 Å². The van der Waals surface area contributed by atoms with Crippen LogP contribution in [0, 0.1) is 0 Å². The zero-order valence-electron chi connectivity index (χ0n) is 23.6. The van der Waals surface area contributed by atoms with E-state index < -0.39 is 6.98 Å². The van der Waals surface area contributed by atoms with Crippen LogP contribution in [0.15, 0.2) is 97.5 Å². The minimum Gasteiger partial charge on any atom is -0.457 e. The highest BCUT2D eigenvalue weighted by molar-refractivity contribution is 6.09. The van der Waals surface area contributed by atoms with Gasteiger partial charge in [-0.15, -0.1) is 0 Å². The monoisotopic (exact) mass is 477 g/mol. The highest BCUT2D eigenvalue weighted by Crippen LogP contribution is 2.36. The molecule has 0 spiro atoms. The van der Waals surface area contributed by atoms with Crippen LogP contribution in [0.5, 0.6) is 11.5 Å². The molecule has 0 bridgehead atoms. The minimum absolute atomic E-state index is 0.000783. The molecule has 0 amide bonds. The van der Waals surface area contributed by atoms with Gasteiger partial charge in [0.15, 0.2) is 0 Å². The number of aromatic nitrogens is 2. The average Bonchev–Trinajstić information content (AvgIpc) is 3.52. The molecule has 6 rings (SSSR count). The summed E-state index contributed by atoms with van der Waals surface area (Å²) in [7, 11) is 0. The number of nitrogens with zero attached hydrogens (tertiary/aromatic N) is 4. The molecule has 0 aliphatic carbocycles. The number of benzene rings is 3. The number of hydrogen-bond acceptors (Lipinski definition) is 4. The van der Waals surface area contributed by atoms with Gasteiger partial charge in [0.1, 0.15) is 17.3 Å². The highest BCUT2D eigenvalue weighted by atomic mass is 16.5.